The van der Waals surface area contributed by atoms with E-state index in [2.05, 4.69) is 0 Å². The molecule has 0 aliphatic heterocycles. The van der Waals surface area contributed by atoms with Crippen LogP contribution in [-0.2, 0) is 28.5 Å². The molecule has 0 saturated carbocycles. The van der Waals surface area contributed by atoms with E-state index in [0.717, 1.165) is 0 Å². The van der Waals surface area contributed by atoms with E-state index in [1.165, 1.54) is 13.8 Å². The molecule has 0 bridgehead atoms. The Balaban J connectivity index is 3.53. The number of ether oxygens (including phenoxy) is 4. The molecule has 7 nitrogen and oxygen atoms in total. The first-order valence-corrected chi connectivity index (χ1v) is 6.45. The lowest BCUT2D eigenvalue weighted by Gasteiger charge is -2.09. The highest BCUT2D eigenvalue weighted by Crippen LogP contribution is 2.00. The van der Waals surface area contributed by atoms with Gasteiger partial charge in [-0.2, -0.15) is 0 Å². The van der Waals surface area contributed by atoms with Crippen LogP contribution in [0, 0.1) is 0 Å². The summed E-state index contributed by atoms with van der Waals surface area (Å²) in [6.07, 6.45) is -0.521. The van der Waals surface area contributed by atoms with E-state index in [9.17, 15) is 14.4 Å². The molecule has 1 unspecified atom stereocenters. The van der Waals surface area contributed by atoms with Gasteiger partial charge in [0.15, 0.2) is 11.9 Å². The summed E-state index contributed by atoms with van der Waals surface area (Å²) < 4.78 is 19.1. The molecular formula is C13H22O7. The third-order valence-electron chi connectivity index (χ3n) is 2.34. The van der Waals surface area contributed by atoms with Crippen LogP contribution in [0.3, 0.4) is 0 Å². The second-order valence-corrected chi connectivity index (χ2v) is 4.14. The molecule has 116 valence electrons. The molecule has 0 radical (unpaired) electrons. The van der Waals surface area contributed by atoms with Crippen molar-refractivity contribution in [2.24, 2.45) is 0 Å². The van der Waals surface area contributed by atoms with Gasteiger partial charge in [0.1, 0.15) is 0 Å². The van der Waals surface area contributed by atoms with Gasteiger partial charge in [-0.05, 0) is 20.3 Å². The predicted molar refractivity (Wildman–Crippen MR) is 69.3 cm³/mol. The van der Waals surface area contributed by atoms with Crippen LogP contribution in [-0.4, -0.2) is 50.9 Å². The molecule has 0 heterocycles. The van der Waals surface area contributed by atoms with Crippen molar-refractivity contribution < 1.29 is 33.3 Å². The van der Waals surface area contributed by atoms with Gasteiger partial charge in [0.05, 0.1) is 13.2 Å². The average Bonchev–Trinajstić information content (AvgIpc) is 2.39. The molecule has 1 atom stereocenters. The Morgan fingerprint density at radius 2 is 1.60 bits per heavy atom. The summed E-state index contributed by atoms with van der Waals surface area (Å²) >= 11 is 0. The van der Waals surface area contributed by atoms with Crippen molar-refractivity contribution in [3.63, 3.8) is 0 Å². The molecule has 0 spiro atoms. The molecule has 0 aliphatic rings. The van der Waals surface area contributed by atoms with E-state index in [0.29, 0.717) is 19.4 Å². The van der Waals surface area contributed by atoms with Gasteiger partial charge in [-0.25, -0.2) is 4.79 Å². The SMILES string of the molecule is COCCCOC(=O)OCCCC(=O)OC(C)C(C)=O. The maximum atomic E-state index is 11.3. The first-order chi connectivity index (χ1) is 9.47. The van der Waals surface area contributed by atoms with Crippen molar-refractivity contribution in [1.29, 1.82) is 0 Å². The molecule has 0 saturated heterocycles. The largest absolute Gasteiger partial charge is 0.508 e. The van der Waals surface area contributed by atoms with Crippen LogP contribution in [0.2, 0.25) is 0 Å². The van der Waals surface area contributed by atoms with Crippen LogP contribution in [0.25, 0.3) is 0 Å². The van der Waals surface area contributed by atoms with E-state index in [-0.39, 0.29) is 25.4 Å². The highest BCUT2D eigenvalue weighted by molar-refractivity contribution is 5.83. The van der Waals surface area contributed by atoms with E-state index in [1.54, 1.807) is 7.11 Å². The van der Waals surface area contributed by atoms with Crippen LogP contribution >= 0.6 is 0 Å². The zero-order chi connectivity index (χ0) is 15.4. The maximum Gasteiger partial charge on any atom is 0.508 e. The van der Waals surface area contributed by atoms with E-state index < -0.39 is 18.2 Å². The Morgan fingerprint density at radius 1 is 1.00 bits per heavy atom. The Hall–Kier alpha value is -1.63. The molecule has 0 aromatic rings. The molecule has 0 aliphatic carbocycles. The van der Waals surface area contributed by atoms with E-state index in [4.69, 9.17) is 18.9 Å². The fourth-order valence-electron chi connectivity index (χ4n) is 1.11. The van der Waals surface area contributed by atoms with Crippen LogP contribution in [0.4, 0.5) is 4.79 Å². The van der Waals surface area contributed by atoms with E-state index in [1.807, 2.05) is 0 Å². The first-order valence-electron chi connectivity index (χ1n) is 6.45. The fourth-order valence-corrected chi connectivity index (χ4v) is 1.11. The number of ketones is 1. The summed E-state index contributed by atoms with van der Waals surface area (Å²) in [5, 5.41) is 0. The third-order valence-corrected chi connectivity index (χ3v) is 2.34. The Morgan fingerprint density at radius 3 is 2.15 bits per heavy atom. The Bertz CT molecular complexity index is 314. The Labute approximate surface area is 118 Å². The lowest BCUT2D eigenvalue weighted by atomic mass is 10.3. The number of carbonyl (C=O) groups is 3. The van der Waals surface area contributed by atoms with E-state index >= 15 is 0 Å². The number of hydrogen-bond donors (Lipinski definition) is 0. The zero-order valence-corrected chi connectivity index (χ0v) is 12.2. The zero-order valence-electron chi connectivity index (χ0n) is 12.2. The topological polar surface area (TPSA) is 88.1 Å². The van der Waals surface area contributed by atoms with Gasteiger partial charge < -0.3 is 18.9 Å². The second kappa shape index (κ2) is 11.2. The van der Waals surface area contributed by atoms with Crippen LogP contribution < -0.4 is 0 Å². The summed E-state index contributed by atoms with van der Waals surface area (Å²) in [7, 11) is 1.56. The minimum absolute atomic E-state index is 0.0622. The molecule has 0 aromatic carbocycles. The van der Waals surface area contributed by atoms with Gasteiger partial charge in [0.2, 0.25) is 0 Å². The van der Waals surface area contributed by atoms with Crippen LogP contribution in [0.1, 0.15) is 33.1 Å². The quantitative estimate of drug-likeness (QED) is 0.444. The predicted octanol–water partition coefficient (Wildman–Crippen LogP) is 1.48. The lowest BCUT2D eigenvalue weighted by molar-refractivity contribution is -0.153. The third kappa shape index (κ3) is 10.3. The van der Waals surface area contributed by atoms with Crippen molar-refractivity contribution in [3.8, 4) is 0 Å². The second-order valence-electron chi connectivity index (χ2n) is 4.14. The summed E-state index contributed by atoms with van der Waals surface area (Å²) in [4.78, 5) is 33.2. The smallest absolute Gasteiger partial charge is 0.455 e. The number of Topliss-reactive ketones (excluding diaryl/α,β-unsaturated/α-hetero) is 1. The maximum absolute atomic E-state index is 11.3. The first kappa shape index (κ1) is 18.4. The number of carbonyl (C=O) groups excluding carboxylic acids is 3. The molecular weight excluding hydrogens is 268 g/mol. The summed E-state index contributed by atoms with van der Waals surface area (Å²) in [6.45, 7) is 3.65. The number of esters is 1. The van der Waals surface area contributed by atoms with Crippen molar-refractivity contribution >= 4 is 17.9 Å². The van der Waals surface area contributed by atoms with Crippen LogP contribution in [0.5, 0.6) is 0 Å². The lowest BCUT2D eigenvalue weighted by Crippen LogP contribution is -2.22. The number of hydrogen-bond acceptors (Lipinski definition) is 7. The van der Waals surface area contributed by atoms with Crippen molar-refractivity contribution in [3.05, 3.63) is 0 Å². The highest BCUT2D eigenvalue weighted by atomic mass is 16.7. The van der Waals surface area contributed by atoms with Gasteiger partial charge in [0.25, 0.3) is 0 Å². The van der Waals surface area contributed by atoms with Gasteiger partial charge in [0, 0.05) is 26.6 Å². The van der Waals surface area contributed by atoms with Crippen molar-refractivity contribution in [1.82, 2.24) is 0 Å². The molecule has 20 heavy (non-hydrogen) atoms. The minimum atomic E-state index is -0.772. The van der Waals surface area contributed by atoms with Gasteiger partial charge >= 0.3 is 12.1 Å². The molecule has 0 aromatic heterocycles. The standard InChI is InChI=1S/C13H22O7/c1-10(14)11(2)20-12(15)6-4-8-18-13(16)19-9-5-7-17-3/h11H,4-9H2,1-3H3. The average molecular weight is 290 g/mol. The van der Waals surface area contributed by atoms with Gasteiger partial charge in [-0.1, -0.05) is 0 Å². The molecule has 7 heteroatoms. The fraction of sp³-hybridized carbons (Fsp3) is 0.769. The normalized spacial score (nSPS) is 11.6. The van der Waals surface area contributed by atoms with Crippen molar-refractivity contribution in [2.75, 3.05) is 26.9 Å². The number of rotatable bonds is 10. The van der Waals surface area contributed by atoms with Crippen molar-refractivity contribution in [2.45, 2.75) is 39.2 Å². The molecule has 0 amide bonds. The summed E-state index contributed by atoms with van der Waals surface area (Å²) in [5.41, 5.74) is 0. The summed E-state index contributed by atoms with van der Waals surface area (Å²) in [6, 6.07) is 0. The molecule has 0 N–H and O–H groups in total. The van der Waals surface area contributed by atoms with Gasteiger partial charge in [-0.3, -0.25) is 9.59 Å². The van der Waals surface area contributed by atoms with Crippen LogP contribution in [0.15, 0.2) is 0 Å². The molecule has 0 fully saturated rings. The summed E-state index contributed by atoms with van der Waals surface area (Å²) in [5.74, 6) is -0.709. The highest BCUT2D eigenvalue weighted by Gasteiger charge is 2.13. The Kier molecular flexibility index (Phi) is 10.3. The molecule has 0 rings (SSSR count). The monoisotopic (exact) mass is 290 g/mol. The van der Waals surface area contributed by atoms with Gasteiger partial charge in [-0.15, -0.1) is 0 Å². The number of methoxy groups -OCH3 is 1. The minimum Gasteiger partial charge on any atom is -0.455 e.